The van der Waals surface area contributed by atoms with Gasteiger partial charge in [0.1, 0.15) is 5.82 Å². The lowest BCUT2D eigenvalue weighted by molar-refractivity contribution is 0.0964. The van der Waals surface area contributed by atoms with Gasteiger partial charge in [-0.05, 0) is 36.2 Å². The van der Waals surface area contributed by atoms with Gasteiger partial charge >= 0.3 is 0 Å². The first kappa shape index (κ1) is 15.0. The van der Waals surface area contributed by atoms with Crippen LogP contribution in [0.5, 0.6) is 0 Å². The molecule has 1 amide bonds. The number of fused-ring (bicyclic) bond motifs is 1. The Bertz CT molecular complexity index is 841. The van der Waals surface area contributed by atoms with Crippen LogP contribution in [0, 0.1) is 0 Å². The molecule has 4 heteroatoms. The van der Waals surface area contributed by atoms with Gasteiger partial charge in [0.05, 0.1) is 11.1 Å². The number of aryl methyl sites for hydroxylation is 1. The van der Waals surface area contributed by atoms with E-state index < -0.39 is 0 Å². The summed E-state index contributed by atoms with van der Waals surface area (Å²) in [6.07, 6.45) is 1.01. The van der Waals surface area contributed by atoms with Crippen molar-refractivity contribution < 1.29 is 4.79 Å². The second-order valence-electron chi connectivity index (χ2n) is 5.33. The number of aromatic nitrogens is 1. The molecule has 3 aromatic rings. The number of carbonyl (C=O) groups is 1. The van der Waals surface area contributed by atoms with Gasteiger partial charge in [0.2, 0.25) is 0 Å². The van der Waals surface area contributed by atoms with Gasteiger partial charge in [0, 0.05) is 18.1 Å². The van der Waals surface area contributed by atoms with Crippen molar-refractivity contribution in [3.05, 3.63) is 65.7 Å². The van der Waals surface area contributed by atoms with E-state index in [-0.39, 0.29) is 5.91 Å². The zero-order valence-electron chi connectivity index (χ0n) is 13.3. The van der Waals surface area contributed by atoms with Crippen molar-refractivity contribution in [1.82, 2.24) is 10.3 Å². The molecule has 0 saturated carbocycles. The summed E-state index contributed by atoms with van der Waals surface area (Å²) in [6, 6.07) is 17.7. The Balaban J connectivity index is 2.01. The molecule has 0 saturated heterocycles. The quantitative estimate of drug-likeness (QED) is 0.768. The summed E-state index contributed by atoms with van der Waals surface area (Å²) >= 11 is 0. The van der Waals surface area contributed by atoms with Crippen LogP contribution in [0.25, 0.3) is 10.9 Å². The minimum absolute atomic E-state index is 0.118. The van der Waals surface area contributed by atoms with Gasteiger partial charge in [-0.3, -0.25) is 4.79 Å². The van der Waals surface area contributed by atoms with Crippen molar-refractivity contribution in [2.45, 2.75) is 13.3 Å². The number of hydrogen-bond donors (Lipinski definition) is 2. The Labute approximate surface area is 135 Å². The molecule has 23 heavy (non-hydrogen) atoms. The number of rotatable bonds is 4. The number of para-hydroxylation sites is 1. The highest BCUT2D eigenvalue weighted by Gasteiger charge is 2.11. The van der Waals surface area contributed by atoms with Crippen LogP contribution in [0.1, 0.15) is 22.8 Å². The predicted octanol–water partition coefficient (Wildman–Crippen LogP) is 3.90. The predicted molar refractivity (Wildman–Crippen MR) is 94.2 cm³/mol. The van der Waals surface area contributed by atoms with Crippen molar-refractivity contribution >= 4 is 28.3 Å². The van der Waals surface area contributed by atoms with Gasteiger partial charge in [-0.25, -0.2) is 4.98 Å². The molecule has 0 aliphatic carbocycles. The summed E-state index contributed by atoms with van der Waals surface area (Å²) in [4.78, 5) is 16.7. The van der Waals surface area contributed by atoms with Gasteiger partial charge in [0.25, 0.3) is 5.91 Å². The maximum atomic E-state index is 12.1. The molecule has 1 heterocycles. The monoisotopic (exact) mass is 305 g/mol. The zero-order valence-corrected chi connectivity index (χ0v) is 13.3. The molecular formula is C19H19N3O. The van der Waals surface area contributed by atoms with Crippen LogP contribution >= 0.6 is 0 Å². The first-order chi connectivity index (χ1) is 11.2. The van der Waals surface area contributed by atoms with Gasteiger partial charge in [0.15, 0.2) is 0 Å². The summed E-state index contributed by atoms with van der Waals surface area (Å²) in [5.41, 5.74) is 3.65. The van der Waals surface area contributed by atoms with Gasteiger partial charge in [-0.2, -0.15) is 0 Å². The molecule has 3 rings (SSSR count). The Kier molecular flexibility index (Phi) is 4.24. The lowest BCUT2D eigenvalue weighted by atomic mass is 10.1. The molecule has 0 unspecified atom stereocenters. The number of amides is 1. The zero-order chi connectivity index (χ0) is 16.2. The highest BCUT2D eigenvalue weighted by molar-refractivity contribution is 6.07. The van der Waals surface area contributed by atoms with Crippen molar-refractivity contribution in [1.29, 1.82) is 0 Å². The van der Waals surface area contributed by atoms with E-state index in [0.29, 0.717) is 11.4 Å². The van der Waals surface area contributed by atoms with E-state index in [4.69, 9.17) is 0 Å². The van der Waals surface area contributed by atoms with Crippen LogP contribution in [-0.2, 0) is 6.42 Å². The average Bonchev–Trinajstić information content (AvgIpc) is 2.61. The van der Waals surface area contributed by atoms with Gasteiger partial charge in [-0.15, -0.1) is 0 Å². The Morgan fingerprint density at radius 1 is 1.09 bits per heavy atom. The van der Waals surface area contributed by atoms with Crippen molar-refractivity contribution in [2.24, 2.45) is 0 Å². The lowest BCUT2D eigenvalue weighted by Gasteiger charge is -2.11. The van der Waals surface area contributed by atoms with E-state index in [2.05, 4.69) is 34.7 Å². The van der Waals surface area contributed by atoms with Crippen LogP contribution in [0.2, 0.25) is 0 Å². The normalized spacial score (nSPS) is 10.5. The molecule has 0 aliphatic rings. The minimum Gasteiger partial charge on any atom is -0.355 e. The van der Waals surface area contributed by atoms with Crippen LogP contribution in [0.4, 0.5) is 11.5 Å². The molecule has 2 aromatic carbocycles. The lowest BCUT2D eigenvalue weighted by Crippen LogP contribution is -2.18. The second-order valence-corrected chi connectivity index (χ2v) is 5.33. The fraction of sp³-hybridized carbons (Fsp3) is 0.158. The summed E-state index contributed by atoms with van der Waals surface area (Å²) in [6.45, 7) is 2.13. The highest BCUT2D eigenvalue weighted by Crippen LogP contribution is 2.23. The summed E-state index contributed by atoms with van der Waals surface area (Å²) in [5.74, 6) is 0.541. The Morgan fingerprint density at radius 3 is 2.52 bits per heavy atom. The van der Waals surface area contributed by atoms with E-state index >= 15 is 0 Å². The van der Waals surface area contributed by atoms with Crippen LogP contribution in [0.15, 0.2) is 54.6 Å². The Morgan fingerprint density at radius 2 is 1.83 bits per heavy atom. The number of pyridine rings is 1. The SMILES string of the molecule is CCc1ccc(Nc2cc(C(=O)NC)c3ccccc3n2)cc1. The third-order valence-corrected chi connectivity index (χ3v) is 3.82. The molecule has 0 atom stereocenters. The van der Waals surface area contributed by atoms with Crippen LogP contribution < -0.4 is 10.6 Å². The average molecular weight is 305 g/mol. The molecule has 116 valence electrons. The van der Waals surface area contributed by atoms with Gasteiger partial charge in [-0.1, -0.05) is 37.3 Å². The molecular weight excluding hydrogens is 286 g/mol. The topological polar surface area (TPSA) is 54.0 Å². The number of nitrogens with zero attached hydrogens (tertiary/aromatic N) is 1. The van der Waals surface area contributed by atoms with Crippen molar-refractivity contribution in [2.75, 3.05) is 12.4 Å². The first-order valence-electron chi connectivity index (χ1n) is 7.69. The standard InChI is InChI=1S/C19H19N3O/c1-3-13-8-10-14(11-9-13)21-18-12-16(19(23)20-2)15-6-4-5-7-17(15)22-18/h4-12H,3H2,1-2H3,(H,20,23)(H,21,22). The smallest absolute Gasteiger partial charge is 0.251 e. The molecule has 4 nitrogen and oxygen atoms in total. The molecule has 0 bridgehead atoms. The van der Waals surface area contributed by atoms with Crippen LogP contribution in [0.3, 0.4) is 0 Å². The molecule has 1 aromatic heterocycles. The summed E-state index contributed by atoms with van der Waals surface area (Å²) < 4.78 is 0. The number of anilines is 2. The molecule has 0 radical (unpaired) electrons. The second kappa shape index (κ2) is 6.48. The molecule has 0 fully saturated rings. The maximum absolute atomic E-state index is 12.1. The molecule has 2 N–H and O–H groups in total. The van der Waals surface area contributed by atoms with Crippen LogP contribution in [-0.4, -0.2) is 17.9 Å². The molecule has 0 aliphatic heterocycles. The maximum Gasteiger partial charge on any atom is 0.251 e. The fourth-order valence-corrected chi connectivity index (χ4v) is 2.53. The first-order valence-corrected chi connectivity index (χ1v) is 7.69. The van der Waals surface area contributed by atoms with E-state index in [9.17, 15) is 4.79 Å². The highest BCUT2D eigenvalue weighted by atomic mass is 16.1. The Hall–Kier alpha value is -2.88. The van der Waals surface area contributed by atoms with E-state index in [1.165, 1.54) is 5.56 Å². The number of benzene rings is 2. The number of hydrogen-bond acceptors (Lipinski definition) is 3. The third-order valence-electron chi connectivity index (χ3n) is 3.82. The summed E-state index contributed by atoms with van der Waals surface area (Å²) in [7, 11) is 1.63. The minimum atomic E-state index is -0.118. The van der Waals surface area contributed by atoms with Crippen molar-refractivity contribution in [3.8, 4) is 0 Å². The number of nitrogens with one attached hydrogen (secondary N) is 2. The van der Waals surface area contributed by atoms with E-state index in [1.54, 1.807) is 13.1 Å². The third kappa shape index (κ3) is 3.16. The largest absolute Gasteiger partial charge is 0.355 e. The fourth-order valence-electron chi connectivity index (χ4n) is 2.53. The molecule has 0 spiro atoms. The van der Waals surface area contributed by atoms with Crippen molar-refractivity contribution in [3.63, 3.8) is 0 Å². The van der Waals surface area contributed by atoms with E-state index in [1.807, 2.05) is 36.4 Å². The van der Waals surface area contributed by atoms with E-state index in [0.717, 1.165) is 23.0 Å². The number of carbonyl (C=O) groups excluding carboxylic acids is 1. The van der Waals surface area contributed by atoms with Gasteiger partial charge < -0.3 is 10.6 Å². The summed E-state index contributed by atoms with van der Waals surface area (Å²) in [5, 5.41) is 6.81.